The second-order valence-electron chi connectivity index (χ2n) is 5.18. The Bertz CT molecular complexity index is 406. The first-order chi connectivity index (χ1) is 7.99. The fourth-order valence-corrected chi connectivity index (χ4v) is 2.79. The number of carbonyl (C=O) groups excluding carboxylic acids is 1. The average molecular weight is 236 g/mol. The van der Waals surface area contributed by atoms with Crippen LogP contribution >= 0.6 is 0 Å². The van der Waals surface area contributed by atoms with Crippen LogP contribution < -0.4 is 0 Å². The first-order valence-electron chi connectivity index (χ1n) is 6.11. The zero-order chi connectivity index (χ0) is 12.6. The van der Waals surface area contributed by atoms with Crippen LogP contribution in [-0.4, -0.2) is 19.2 Å². The van der Waals surface area contributed by atoms with E-state index < -0.39 is 0 Å². The first-order valence-corrected chi connectivity index (χ1v) is 6.11. The standard InChI is InChI=1S/C14H20O3/c1-9-6-5-7-14(9,3)12-8-11(10(2)17-12)13(15)16-4/h6,12H,5,7-8H2,1-4H3/t12-,14-/m0/s1. The molecule has 0 saturated carbocycles. The molecule has 1 heterocycles. The molecular weight excluding hydrogens is 216 g/mol. The van der Waals surface area contributed by atoms with Gasteiger partial charge in [-0.15, -0.1) is 0 Å². The Kier molecular flexibility index (Phi) is 3.02. The molecule has 17 heavy (non-hydrogen) atoms. The molecule has 0 aromatic carbocycles. The lowest BCUT2D eigenvalue weighted by Gasteiger charge is -2.33. The van der Waals surface area contributed by atoms with Crippen LogP contribution in [0.15, 0.2) is 23.0 Å². The minimum absolute atomic E-state index is 0.0665. The molecule has 3 heteroatoms. The summed E-state index contributed by atoms with van der Waals surface area (Å²) in [5.74, 6) is 0.469. The number of esters is 1. The van der Waals surface area contributed by atoms with Gasteiger partial charge in [0.1, 0.15) is 11.9 Å². The molecule has 2 rings (SSSR count). The van der Waals surface area contributed by atoms with Crippen molar-refractivity contribution >= 4 is 5.97 Å². The maximum absolute atomic E-state index is 11.6. The monoisotopic (exact) mass is 236 g/mol. The van der Waals surface area contributed by atoms with Gasteiger partial charge in [0.05, 0.1) is 12.7 Å². The van der Waals surface area contributed by atoms with Crippen molar-refractivity contribution in [2.45, 2.75) is 46.1 Å². The fraction of sp³-hybridized carbons (Fsp3) is 0.643. The van der Waals surface area contributed by atoms with Gasteiger partial charge in [0.15, 0.2) is 0 Å². The van der Waals surface area contributed by atoms with Gasteiger partial charge in [-0.25, -0.2) is 4.79 Å². The molecule has 0 aromatic rings. The largest absolute Gasteiger partial charge is 0.493 e. The summed E-state index contributed by atoms with van der Waals surface area (Å²) >= 11 is 0. The molecule has 94 valence electrons. The highest BCUT2D eigenvalue weighted by Crippen LogP contribution is 2.47. The Balaban J connectivity index is 2.15. The number of ether oxygens (including phenoxy) is 2. The van der Waals surface area contributed by atoms with E-state index in [4.69, 9.17) is 9.47 Å². The molecular formula is C14H20O3. The van der Waals surface area contributed by atoms with Crippen LogP contribution in [0.1, 0.15) is 40.0 Å². The van der Waals surface area contributed by atoms with Gasteiger partial charge >= 0.3 is 5.97 Å². The van der Waals surface area contributed by atoms with Gasteiger partial charge in [0.2, 0.25) is 0 Å². The van der Waals surface area contributed by atoms with Gasteiger partial charge in [0.25, 0.3) is 0 Å². The van der Waals surface area contributed by atoms with Crippen molar-refractivity contribution < 1.29 is 14.3 Å². The third-order valence-electron chi connectivity index (χ3n) is 4.29. The normalized spacial score (nSPS) is 32.5. The highest BCUT2D eigenvalue weighted by molar-refractivity contribution is 5.89. The Labute approximate surface area is 102 Å². The second kappa shape index (κ2) is 4.21. The predicted octanol–water partition coefficient (Wildman–Crippen LogP) is 2.97. The van der Waals surface area contributed by atoms with Crippen molar-refractivity contribution in [3.63, 3.8) is 0 Å². The molecule has 0 bridgehead atoms. The molecule has 0 amide bonds. The van der Waals surface area contributed by atoms with Crippen molar-refractivity contribution in [2.24, 2.45) is 5.41 Å². The van der Waals surface area contributed by atoms with Crippen molar-refractivity contribution in [1.29, 1.82) is 0 Å². The molecule has 0 saturated heterocycles. The minimum atomic E-state index is -0.256. The lowest BCUT2D eigenvalue weighted by molar-refractivity contribution is -0.136. The predicted molar refractivity (Wildman–Crippen MR) is 65.3 cm³/mol. The van der Waals surface area contributed by atoms with E-state index in [1.165, 1.54) is 12.7 Å². The summed E-state index contributed by atoms with van der Waals surface area (Å²) in [4.78, 5) is 11.6. The van der Waals surface area contributed by atoms with Crippen LogP contribution in [0, 0.1) is 5.41 Å². The molecule has 0 unspecified atom stereocenters. The van der Waals surface area contributed by atoms with Crippen LogP contribution in [0.25, 0.3) is 0 Å². The summed E-state index contributed by atoms with van der Waals surface area (Å²) in [6, 6.07) is 0. The van der Waals surface area contributed by atoms with Gasteiger partial charge < -0.3 is 9.47 Å². The Hall–Kier alpha value is -1.25. The second-order valence-corrected chi connectivity index (χ2v) is 5.18. The van der Waals surface area contributed by atoms with Crippen LogP contribution in [0.5, 0.6) is 0 Å². The zero-order valence-corrected chi connectivity index (χ0v) is 11.0. The van der Waals surface area contributed by atoms with Crippen LogP contribution in [-0.2, 0) is 14.3 Å². The zero-order valence-electron chi connectivity index (χ0n) is 11.0. The molecule has 3 nitrogen and oxygen atoms in total. The number of carbonyl (C=O) groups is 1. The molecule has 2 aliphatic rings. The van der Waals surface area contributed by atoms with Gasteiger partial charge in [-0.3, -0.25) is 0 Å². The summed E-state index contributed by atoms with van der Waals surface area (Å²) in [6.07, 6.45) is 5.23. The Morgan fingerprint density at radius 2 is 2.24 bits per heavy atom. The van der Waals surface area contributed by atoms with Gasteiger partial charge in [-0.05, 0) is 26.7 Å². The summed E-state index contributed by atoms with van der Waals surface area (Å²) < 4.78 is 10.7. The van der Waals surface area contributed by atoms with Gasteiger partial charge in [-0.2, -0.15) is 0 Å². The third kappa shape index (κ3) is 1.88. The van der Waals surface area contributed by atoms with Crippen molar-refractivity contribution in [1.82, 2.24) is 0 Å². The first kappa shape index (κ1) is 12.2. The molecule has 1 aliphatic heterocycles. The third-order valence-corrected chi connectivity index (χ3v) is 4.29. The highest BCUT2D eigenvalue weighted by Gasteiger charge is 2.44. The molecule has 0 fully saturated rings. The average Bonchev–Trinajstić information content (AvgIpc) is 2.84. The van der Waals surface area contributed by atoms with Crippen LogP contribution in [0.4, 0.5) is 0 Å². The Morgan fingerprint density at radius 3 is 2.76 bits per heavy atom. The summed E-state index contributed by atoms with van der Waals surface area (Å²) in [5.41, 5.74) is 2.14. The number of hydrogen-bond donors (Lipinski definition) is 0. The number of rotatable bonds is 2. The van der Waals surface area contributed by atoms with E-state index in [-0.39, 0.29) is 17.5 Å². The maximum atomic E-state index is 11.6. The number of hydrogen-bond acceptors (Lipinski definition) is 3. The van der Waals surface area contributed by atoms with E-state index in [1.807, 2.05) is 6.92 Å². The van der Waals surface area contributed by atoms with Crippen LogP contribution in [0.2, 0.25) is 0 Å². The molecule has 0 aromatic heterocycles. The van der Waals surface area contributed by atoms with Crippen LogP contribution in [0.3, 0.4) is 0 Å². The molecule has 0 spiro atoms. The highest BCUT2D eigenvalue weighted by atomic mass is 16.5. The van der Waals surface area contributed by atoms with E-state index in [0.29, 0.717) is 12.0 Å². The molecule has 2 atom stereocenters. The summed E-state index contributed by atoms with van der Waals surface area (Å²) in [5, 5.41) is 0. The lowest BCUT2D eigenvalue weighted by atomic mass is 9.77. The summed E-state index contributed by atoms with van der Waals surface area (Å²) in [6.45, 7) is 6.23. The minimum Gasteiger partial charge on any atom is -0.493 e. The van der Waals surface area contributed by atoms with Crippen molar-refractivity contribution in [3.8, 4) is 0 Å². The lowest BCUT2D eigenvalue weighted by Crippen LogP contribution is -2.31. The maximum Gasteiger partial charge on any atom is 0.337 e. The SMILES string of the molecule is COC(=O)C1=C(C)O[C@H]([C@@]2(C)CCC=C2C)C1. The summed E-state index contributed by atoms with van der Waals surface area (Å²) in [7, 11) is 1.42. The van der Waals surface area contributed by atoms with E-state index in [1.54, 1.807) is 0 Å². The molecule has 0 radical (unpaired) electrons. The van der Waals surface area contributed by atoms with E-state index in [2.05, 4.69) is 19.9 Å². The van der Waals surface area contributed by atoms with Crippen molar-refractivity contribution in [3.05, 3.63) is 23.0 Å². The van der Waals surface area contributed by atoms with Gasteiger partial charge in [-0.1, -0.05) is 18.6 Å². The number of allylic oxidation sites excluding steroid dienone is 2. The Morgan fingerprint density at radius 1 is 1.53 bits per heavy atom. The van der Waals surface area contributed by atoms with E-state index in [0.717, 1.165) is 18.6 Å². The van der Waals surface area contributed by atoms with E-state index in [9.17, 15) is 4.79 Å². The smallest absolute Gasteiger partial charge is 0.337 e. The molecule has 0 N–H and O–H groups in total. The van der Waals surface area contributed by atoms with E-state index >= 15 is 0 Å². The molecule has 1 aliphatic carbocycles. The quantitative estimate of drug-likeness (QED) is 0.546. The number of methoxy groups -OCH3 is 1. The fourth-order valence-electron chi connectivity index (χ4n) is 2.79. The topological polar surface area (TPSA) is 35.5 Å². The van der Waals surface area contributed by atoms with Crippen molar-refractivity contribution in [2.75, 3.05) is 7.11 Å². The van der Waals surface area contributed by atoms with Gasteiger partial charge in [0, 0.05) is 11.8 Å².